The van der Waals surface area contributed by atoms with Gasteiger partial charge in [-0.25, -0.2) is 17.2 Å². The van der Waals surface area contributed by atoms with Gasteiger partial charge in [-0.15, -0.1) is 0 Å². The molecule has 0 bridgehead atoms. The number of benzene rings is 3. The van der Waals surface area contributed by atoms with E-state index in [1.807, 2.05) is 0 Å². The average Bonchev–Trinajstić information content (AvgIpc) is 2.93. The topological polar surface area (TPSA) is 59.1 Å². The van der Waals surface area contributed by atoms with Crippen LogP contribution < -0.4 is 4.74 Å². The van der Waals surface area contributed by atoms with Crippen LogP contribution in [0.15, 0.2) is 77.7 Å². The summed E-state index contributed by atoms with van der Waals surface area (Å²) in [6.07, 6.45) is 1.52. The van der Waals surface area contributed by atoms with Crippen molar-refractivity contribution in [2.75, 3.05) is 45.9 Å². The molecule has 1 heterocycles. The molecule has 1 aliphatic rings. The van der Waals surface area contributed by atoms with Gasteiger partial charge in [0.1, 0.15) is 23.5 Å². The fourth-order valence-corrected chi connectivity index (χ4v) is 5.77. The minimum absolute atomic E-state index is 0.263. The summed E-state index contributed by atoms with van der Waals surface area (Å²) in [7, 11) is -3.58. The number of halogens is 2. The molecule has 38 heavy (non-hydrogen) atoms. The summed E-state index contributed by atoms with van der Waals surface area (Å²) in [5.74, 6) is -0.00634. The Kier molecular flexibility index (Phi) is 9.85. The standard InChI is InChI=1S/C29H34F2N2O4S/c1-2-3-21-36-27-12-14-28(15-13-27)38(34,35)33-18-16-32(17-19-33)20-22-37-29(23-4-8-25(30)9-5-23)24-6-10-26(31)11-7-24/h4-15,29H,2-3,16-22H2,1H3. The average molecular weight is 545 g/mol. The number of hydrogen-bond donors (Lipinski definition) is 0. The molecule has 0 amide bonds. The quantitative estimate of drug-likeness (QED) is 0.291. The van der Waals surface area contributed by atoms with E-state index in [1.165, 1.54) is 28.6 Å². The number of rotatable bonds is 12. The van der Waals surface area contributed by atoms with Crippen LogP contribution in [0.5, 0.6) is 5.75 Å². The molecule has 0 radical (unpaired) electrons. The lowest BCUT2D eigenvalue weighted by atomic mass is 10.0. The van der Waals surface area contributed by atoms with E-state index in [-0.39, 0.29) is 16.5 Å². The van der Waals surface area contributed by atoms with Crippen LogP contribution in [0.1, 0.15) is 37.0 Å². The van der Waals surface area contributed by atoms with E-state index in [9.17, 15) is 17.2 Å². The maximum absolute atomic E-state index is 13.4. The lowest BCUT2D eigenvalue weighted by Crippen LogP contribution is -2.49. The van der Waals surface area contributed by atoms with Crippen LogP contribution in [0.4, 0.5) is 8.78 Å². The molecule has 0 N–H and O–H groups in total. The first-order valence-electron chi connectivity index (χ1n) is 12.9. The van der Waals surface area contributed by atoms with E-state index < -0.39 is 16.1 Å². The van der Waals surface area contributed by atoms with Crippen molar-refractivity contribution in [1.82, 2.24) is 9.21 Å². The van der Waals surface area contributed by atoms with Gasteiger partial charge >= 0.3 is 0 Å². The Hall–Kier alpha value is -2.85. The third kappa shape index (κ3) is 7.38. The van der Waals surface area contributed by atoms with Crippen molar-refractivity contribution >= 4 is 10.0 Å². The van der Waals surface area contributed by atoms with Crippen LogP contribution in [0.3, 0.4) is 0 Å². The van der Waals surface area contributed by atoms with Crippen molar-refractivity contribution in [1.29, 1.82) is 0 Å². The van der Waals surface area contributed by atoms with Crippen LogP contribution in [0.25, 0.3) is 0 Å². The van der Waals surface area contributed by atoms with Gasteiger partial charge < -0.3 is 9.47 Å². The molecular formula is C29H34F2N2O4S. The monoisotopic (exact) mass is 544 g/mol. The SMILES string of the molecule is CCCCOc1ccc(S(=O)(=O)N2CCN(CCOC(c3ccc(F)cc3)c3ccc(F)cc3)CC2)cc1. The molecule has 6 nitrogen and oxygen atoms in total. The molecule has 0 spiro atoms. The van der Waals surface area contributed by atoms with Gasteiger partial charge in [0.05, 0.1) is 18.1 Å². The molecule has 0 unspecified atom stereocenters. The Morgan fingerprint density at radius 2 is 1.34 bits per heavy atom. The normalized spacial score (nSPS) is 15.2. The Labute approximate surface area is 223 Å². The second-order valence-electron chi connectivity index (χ2n) is 9.27. The Morgan fingerprint density at radius 3 is 1.87 bits per heavy atom. The number of sulfonamides is 1. The van der Waals surface area contributed by atoms with Crippen molar-refractivity contribution in [2.24, 2.45) is 0 Å². The first kappa shape index (κ1) is 28.2. The Bertz CT molecular complexity index is 1200. The number of unbranched alkanes of at least 4 members (excludes halogenated alkanes) is 1. The summed E-state index contributed by atoms with van der Waals surface area (Å²) in [4.78, 5) is 2.42. The lowest BCUT2D eigenvalue weighted by molar-refractivity contribution is 0.0526. The predicted octanol–water partition coefficient (Wildman–Crippen LogP) is 5.26. The molecule has 0 aliphatic carbocycles. The molecule has 9 heteroatoms. The van der Waals surface area contributed by atoms with Crippen LogP contribution in [-0.2, 0) is 14.8 Å². The minimum atomic E-state index is -3.58. The molecule has 1 aliphatic heterocycles. The van der Waals surface area contributed by atoms with Crippen molar-refractivity contribution < 1.29 is 26.7 Å². The predicted molar refractivity (Wildman–Crippen MR) is 143 cm³/mol. The second-order valence-corrected chi connectivity index (χ2v) is 11.2. The van der Waals surface area contributed by atoms with Gasteiger partial charge in [0, 0.05) is 32.7 Å². The second kappa shape index (κ2) is 13.3. The molecule has 0 aromatic heterocycles. The van der Waals surface area contributed by atoms with Crippen molar-refractivity contribution in [2.45, 2.75) is 30.8 Å². The maximum Gasteiger partial charge on any atom is 0.243 e. The van der Waals surface area contributed by atoms with Crippen LogP contribution in [0.2, 0.25) is 0 Å². The summed E-state index contributed by atoms with van der Waals surface area (Å²) < 4.78 is 66.5. The fraction of sp³-hybridized carbons (Fsp3) is 0.379. The highest BCUT2D eigenvalue weighted by Gasteiger charge is 2.28. The fourth-order valence-electron chi connectivity index (χ4n) is 4.34. The van der Waals surface area contributed by atoms with E-state index in [0.29, 0.717) is 51.7 Å². The van der Waals surface area contributed by atoms with E-state index in [1.54, 1.807) is 48.5 Å². The van der Waals surface area contributed by atoms with Crippen LogP contribution >= 0.6 is 0 Å². The molecule has 3 aromatic rings. The number of hydrogen-bond acceptors (Lipinski definition) is 5. The van der Waals surface area contributed by atoms with Crippen molar-refractivity contribution in [3.8, 4) is 5.75 Å². The molecule has 0 saturated carbocycles. The summed E-state index contributed by atoms with van der Waals surface area (Å²) in [5.41, 5.74) is 1.55. The maximum atomic E-state index is 13.4. The molecule has 204 valence electrons. The Balaban J connectivity index is 1.30. The summed E-state index contributed by atoms with van der Waals surface area (Å²) in [6, 6.07) is 18.8. The summed E-state index contributed by atoms with van der Waals surface area (Å²) in [5, 5.41) is 0. The van der Waals surface area contributed by atoms with E-state index >= 15 is 0 Å². The van der Waals surface area contributed by atoms with Gasteiger partial charge in [-0.3, -0.25) is 4.90 Å². The van der Waals surface area contributed by atoms with Crippen LogP contribution in [-0.4, -0.2) is 63.6 Å². The number of piperazine rings is 1. The Morgan fingerprint density at radius 1 is 0.789 bits per heavy atom. The number of ether oxygens (including phenoxy) is 2. The zero-order valence-electron chi connectivity index (χ0n) is 21.6. The third-order valence-electron chi connectivity index (χ3n) is 6.60. The largest absolute Gasteiger partial charge is 0.494 e. The summed E-state index contributed by atoms with van der Waals surface area (Å²) >= 11 is 0. The van der Waals surface area contributed by atoms with E-state index in [2.05, 4.69) is 11.8 Å². The summed E-state index contributed by atoms with van der Waals surface area (Å²) in [6.45, 7) is 5.62. The van der Waals surface area contributed by atoms with Crippen LogP contribution in [0, 0.1) is 11.6 Å². The molecule has 4 rings (SSSR count). The van der Waals surface area contributed by atoms with E-state index in [0.717, 1.165) is 24.0 Å². The third-order valence-corrected chi connectivity index (χ3v) is 8.51. The van der Waals surface area contributed by atoms with Gasteiger partial charge in [0.15, 0.2) is 0 Å². The highest BCUT2D eigenvalue weighted by molar-refractivity contribution is 7.89. The first-order valence-corrected chi connectivity index (χ1v) is 14.4. The minimum Gasteiger partial charge on any atom is -0.494 e. The van der Waals surface area contributed by atoms with Crippen molar-refractivity contribution in [3.63, 3.8) is 0 Å². The molecule has 0 atom stereocenters. The zero-order chi connectivity index (χ0) is 27.0. The van der Waals surface area contributed by atoms with Gasteiger partial charge in [-0.1, -0.05) is 37.6 Å². The van der Waals surface area contributed by atoms with Gasteiger partial charge in [0.2, 0.25) is 10.0 Å². The number of nitrogens with zero attached hydrogens (tertiary/aromatic N) is 2. The smallest absolute Gasteiger partial charge is 0.243 e. The van der Waals surface area contributed by atoms with Crippen molar-refractivity contribution in [3.05, 3.63) is 95.6 Å². The molecule has 1 fully saturated rings. The van der Waals surface area contributed by atoms with Gasteiger partial charge in [-0.05, 0) is 66.1 Å². The lowest BCUT2D eigenvalue weighted by Gasteiger charge is -2.34. The van der Waals surface area contributed by atoms with Gasteiger partial charge in [0.25, 0.3) is 0 Å². The highest BCUT2D eigenvalue weighted by atomic mass is 32.2. The van der Waals surface area contributed by atoms with Gasteiger partial charge in [-0.2, -0.15) is 4.31 Å². The molecule has 1 saturated heterocycles. The molecular weight excluding hydrogens is 510 g/mol. The zero-order valence-corrected chi connectivity index (χ0v) is 22.4. The highest BCUT2D eigenvalue weighted by Crippen LogP contribution is 2.27. The van der Waals surface area contributed by atoms with E-state index in [4.69, 9.17) is 9.47 Å². The molecule has 3 aromatic carbocycles. The first-order chi connectivity index (χ1) is 18.4.